The molecule has 0 amide bonds. The van der Waals surface area contributed by atoms with Gasteiger partial charge in [-0.05, 0) is 121 Å². The summed E-state index contributed by atoms with van der Waals surface area (Å²) in [6.45, 7) is 8.35. The van der Waals surface area contributed by atoms with E-state index < -0.39 is 0 Å². The maximum Gasteiger partial charge on any atom is 3.00 e. The SMILES string of the molecule is CO.CO.Cc1cnc(-c2[c-]ccc3c2oc2ccccc23)cc1C.Cc1cnc(-c2cccc3c2oc2ccccc23)cc1C.[Ir+3].[Ir+3].[c-]1ccccc1-c1ccccn1.[c-]1ccccc1-c1ccccn1.[c-]1ccccc1-c1ccccn1.[c-]1ccccc1-c1ccccn1. The molecular formula is C84H69Ir2N6O4+. The van der Waals surface area contributed by atoms with Gasteiger partial charge in [0.1, 0.15) is 16.7 Å². The number of rotatable bonds is 6. The molecule has 0 saturated heterocycles. The molecule has 0 spiro atoms. The van der Waals surface area contributed by atoms with Crippen molar-refractivity contribution in [2.24, 2.45) is 0 Å². The van der Waals surface area contributed by atoms with Crippen molar-refractivity contribution in [1.82, 2.24) is 29.9 Å². The molecule has 8 heterocycles. The molecule has 0 atom stereocenters. The van der Waals surface area contributed by atoms with Crippen LogP contribution < -0.4 is 0 Å². The van der Waals surface area contributed by atoms with E-state index in [2.05, 4.69) is 130 Å². The molecule has 10 nitrogen and oxygen atoms in total. The summed E-state index contributed by atoms with van der Waals surface area (Å²) < 4.78 is 12.1. The van der Waals surface area contributed by atoms with Gasteiger partial charge in [-0.25, -0.2) is 0 Å². The van der Waals surface area contributed by atoms with Crippen molar-refractivity contribution in [2.45, 2.75) is 27.7 Å². The van der Waals surface area contributed by atoms with Crippen molar-refractivity contribution in [3.63, 3.8) is 0 Å². The molecule has 96 heavy (non-hydrogen) atoms. The minimum absolute atomic E-state index is 0. The van der Waals surface area contributed by atoms with E-state index >= 15 is 0 Å². The van der Waals surface area contributed by atoms with Crippen LogP contribution >= 0.6 is 0 Å². The van der Waals surface area contributed by atoms with Crippen molar-refractivity contribution in [2.75, 3.05) is 14.2 Å². The Morgan fingerprint density at radius 2 is 0.625 bits per heavy atom. The number of para-hydroxylation sites is 3. The van der Waals surface area contributed by atoms with E-state index in [1.807, 2.05) is 231 Å². The molecule has 0 saturated carbocycles. The normalized spacial score (nSPS) is 9.92. The molecule has 0 bridgehead atoms. The molecule has 2 N–H and O–H groups in total. The third-order valence-corrected chi connectivity index (χ3v) is 14.6. The Kier molecular flexibility index (Phi) is 29.3. The minimum Gasteiger partial charge on any atom is -0.501 e. The summed E-state index contributed by atoms with van der Waals surface area (Å²) in [6, 6.07) is 101. The second-order valence-corrected chi connectivity index (χ2v) is 20.7. The molecule has 12 heteroatoms. The molecular weight excluding hydrogens is 1540 g/mol. The van der Waals surface area contributed by atoms with Gasteiger partial charge in [-0.3, -0.25) is 4.98 Å². The molecule has 16 aromatic rings. The van der Waals surface area contributed by atoms with Gasteiger partial charge in [0.25, 0.3) is 0 Å². The quantitative estimate of drug-likeness (QED) is 0.154. The summed E-state index contributed by atoms with van der Waals surface area (Å²) in [6.07, 6.45) is 11.0. The molecule has 16 rings (SSSR count). The van der Waals surface area contributed by atoms with Gasteiger partial charge in [0.15, 0.2) is 0 Å². The number of aryl methyl sites for hydroxylation is 4. The van der Waals surface area contributed by atoms with Gasteiger partial charge >= 0.3 is 40.2 Å². The van der Waals surface area contributed by atoms with E-state index in [4.69, 9.17) is 19.0 Å². The fraction of sp³-hybridized carbons (Fsp3) is 0.0714. The van der Waals surface area contributed by atoms with E-state index in [1.165, 1.54) is 22.3 Å². The molecule has 476 valence electrons. The van der Waals surface area contributed by atoms with E-state index in [-0.39, 0.29) is 40.2 Å². The molecule has 0 radical (unpaired) electrons. The van der Waals surface area contributed by atoms with E-state index in [0.717, 1.165) is 126 Å². The molecule has 0 fully saturated rings. The van der Waals surface area contributed by atoms with Gasteiger partial charge in [-0.2, -0.15) is 0 Å². The van der Waals surface area contributed by atoms with Crippen LogP contribution in [0.15, 0.2) is 307 Å². The zero-order chi connectivity index (χ0) is 65.7. The first-order valence-electron chi connectivity index (χ1n) is 30.4. The number of benzene rings is 8. The standard InChI is InChI=1S/C19H15NO.C19H14NO.4C11H8N.2CH4O.2Ir/c2*1-12-10-17(20-11-13(12)2)16-8-5-7-15-14-6-3-4-9-18(14)21-19(15)16;4*1-2-6-10(7-3-1)11-8-4-5-9-12-11;2*1-2;;/h3-11H,1-2H3;3-7,9-11H,1-2H3;4*1-6,8-9H;2*2H,1H3;;/q;5*-1;;;2*+3. The zero-order valence-corrected chi connectivity index (χ0v) is 58.6. The van der Waals surface area contributed by atoms with Gasteiger partial charge in [0.05, 0.1) is 11.3 Å². The fourth-order valence-corrected chi connectivity index (χ4v) is 9.66. The number of aliphatic hydroxyl groups is 2. The second kappa shape index (κ2) is 38.6. The first-order chi connectivity index (χ1) is 46.3. The number of pyridine rings is 6. The predicted octanol–water partition coefficient (Wildman–Crippen LogP) is 19.7. The van der Waals surface area contributed by atoms with E-state index in [1.54, 1.807) is 24.8 Å². The zero-order valence-electron chi connectivity index (χ0n) is 53.9. The number of furan rings is 2. The third-order valence-electron chi connectivity index (χ3n) is 14.6. The van der Waals surface area contributed by atoms with Crippen LogP contribution in [0.1, 0.15) is 22.3 Å². The fourth-order valence-electron chi connectivity index (χ4n) is 9.66. The Bertz CT molecular complexity index is 4250. The van der Waals surface area contributed by atoms with Crippen LogP contribution in [0.25, 0.3) is 111 Å². The molecule has 0 unspecified atom stereocenters. The monoisotopic (exact) mass is 1610 g/mol. The average molecular weight is 1610 g/mol. The van der Waals surface area contributed by atoms with Crippen molar-refractivity contribution in [3.05, 3.63) is 351 Å². The number of aliphatic hydroxyl groups excluding tert-OH is 2. The van der Waals surface area contributed by atoms with Crippen LogP contribution in [-0.2, 0) is 40.2 Å². The van der Waals surface area contributed by atoms with Crippen molar-refractivity contribution in [1.29, 1.82) is 0 Å². The van der Waals surface area contributed by atoms with Crippen molar-refractivity contribution < 1.29 is 59.3 Å². The molecule has 0 aliphatic heterocycles. The number of nitrogens with zero attached hydrogens (tertiary/aromatic N) is 6. The summed E-state index contributed by atoms with van der Waals surface area (Å²) in [7, 11) is 2.00. The Labute approximate surface area is 588 Å². The summed E-state index contributed by atoms with van der Waals surface area (Å²) >= 11 is 0. The second-order valence-electron chi connectivity index (χ2n) is 20.7. The molecule has 0 aliphatic rings. The van der Waals surface area contributed by atoms with Gasteiger partial charge in [-0.1, -0.05) is 120 Å². The summed E-state index contributed by atoms with van der Waals surface area (Å²) in [5, 5.41) is 18.5. The van der Waals surface area contributed by atoms with Crippen LogP contribution in [-0.4, -0.2) is 54.3 Å². The van der Waals surface area contributed by atoms with Crippen LogP contribution in [0, 0.1) is 58.0 Å². The smallest absolute Gasteiger partial charge is 0.501 e. The summed E-state index contributed by atoms with van der Waals surface area (Å²) in [5.74, 6) is 0. The largest absolute Gasteiger partial charge is 3.00 e. The van der Waals surface area contributed by atoms with Crippen LogP contribution in [0.2, 0.25) is 0 Å². The van der Waals surface area contributed by atoms with Gasteiger partial charge < -0.3 is 44.0 Å². The number of aromatic nitrogens is 6. The van der Waals surface area contributed by atoms with Gasteiger partial charge in [-0.15, -0.1) is 162 Å². The summed E-state index contributed by atoms with van der Waals surface area (Å²) in [5.41, 5.74) is 20.3. The van der Waals surface area contributed by atoms with Crippen LogP contribution in [0.3, 0.4) is 0 Å². The minimum atomic E-state index is 0. The topological polar surface area (TPSA) is 144 Å². The van der Waals surface area contributed by atoms with Crippen molar-refractivity contribution in [3.8, 4) is 67.5 Å². The molecule has 0 aliphatic carbocycles. The number of fused-ring (bicyclic) bond motifs is 6. The number of hydrogen-bond acceptors (Lipinski definition) is 10. The third kappa shape index (κ3) is 19.8. The van der Waals surface area contributed by atoms with E-state index in [9.17, 15) is 0 Å². The summed E-state index contributed by atoms with van der Waals surface area (Å²) in [4.78, 5) is 26.0. The Morgan fingerprint density at radius 1 is 0.281 bits per heavy atom. The van der Waals surface area contributed by atoms with E-state index in [0.29, 0.717) is 0 Å². The molecule has 8 aromatic heterocycles. The van der Waals surface area contributed by atoms with Gasteiger partial charge in [0.2, 0.25) is 0 Å². The Balaban J connectivity index is 0.000000163. The van der Waals surface area contributed by atoms with Crippen molar-refractivity contribution >= 4 is 43.9 Å². The predicted molar refractivity (Wildman–Crippen MR) is 382 cm³/mol. The average Bonchev–Trinajstić information content (AvgIpc) is 1.62. The van der Waals surface area contributed by atoms with Crippen LogP contribution in [0.4, 0.5) is 0 Å². The Hall–Kier alpha value is -10.5. The maximum absolute atomic E-state index is 7.00. The Morgan fingerprint density at radius 3 is 1.00 bits per heavy atom. The number of hydrogen-bond donors (Lipinski definition) is 2. The first-order valence-corrected chi connectivity index (χ1v) is 30.4. The van der Waals surface area contributed by atoms with Gasteiger partial charge in [0, 0.05) is 73.1 Å². The first kappa shape index (κ1) is 72.9. The maximum atomic E-state index is 7.00. The molecule has 8 aromatic carbocycles. The van der Waals surface area contributed by atoms with Crippen LogP contribution in [0.5, 0.6) is 0 Å².